The van der Waals surface area contributed by atoms with Gasteiger partial charge >= 0.3 is 6.03 Å². The summed E-state index contributed by atoms with van der Waals surface area (Å²) < 4.78 is 0. The minimum absolute atomic E-state index is 0.0964. The number of halogens is 2. The highest BCUT2D eigenvalue weighted by Gasteiger charge is 2.51. The highest BCUT2D eigenvalue weighted by atomic mass is 35.5. The van der Waals surface area contributed by atoms with Crippen LogP contribution in [0.25, 0.3) is 0 Å². The third-order valence-corrected chi connectivity index (χ3v) is 6.07. The molecule has 27 heavy (non-hydrogen) atoms. The molecule has 0 radical (unpaired) electrons. The molecule has 6 nitrogen and oxygen atoms in total. The smallest absolute Gasteiger partial charge is 0.325 e. The van der Waals surface area contributed by atoms with Crippen molar-refractivity contribution in [3.8, 4) is 0 Å². The first-order valence-corrected chi connectivity index (χ1v) is 9.81. The van der Waals surface area contributed by atoms with Crippen molar-refractivity contribution in [1.82, 2.24) is 15.1 Å². The van der Waals surface area contributed by atoms with E-state index >= 15 is 0 Å². The monoisotopic (exact) mass is 411 g/mol. The SMILES string of the molecule is C[C@@H]1CCC[C@H](C)N1C(=O)CN1C(=O)N[C@](C)(c2ccc(Cl)cc2Cl)C1=O. The maximum absolute atomic E-state index is 13.0. The van der Waals surface area contributed by atoms with Crippen molar-refractivity contribution in [1.29, 1.82) is 0 Å². The number of carbonyl (C=O) groups is 3. The Hall–Kier alpha value is -1.79. The first kappa shape index (κ1) is 20.0. The van der Waals surface area contributed by atoms with Crippen LogP contribution in [0.1, 0.15) is 45.6 Å². The van der Waals surface area contributed by atoms with E-state index in [0.717, 1.165) is 24.2 Å². The van der Waals surface area contributed by atoms with E-state index in [4.69, 9.17) is 23.2 Å². The van der Waals surface area contributed by atoms with E-state index < -0.39 is 17.5 Å². The first-order chi connectivity index (χ1) is 12.6. The highest BCUT2D eigenvalue weighted by molar-refractivity contribution is 6.35. The summed E-state index contributed by atoms with van der Waals surface area (Å²) in [6.45, 7) is 5.30. The van der Waals surface area contributed by atoms with Gasteiger partial charge in [0, 0.05) is 27.7 Å². The number of nitrogens with zero attached hydrogens (tertiary/aromatic N) is 2. The molecule has 1 aromatic rings. The van der Waals surface area contributed by atoms with Crippen LogP contribution in [0.2, 0.25) is 10.0 Å². The lowest BCUT2D eigenvalue weighted by Gasteiger charge is -2.39. The molecule has 4 amide bonds. The van der Waals surface area contributed by atoms with Crippen molar-refractivity contribution < 1.29 is 14.4 Å². The molecule has 3 rings (SSSR count). The highest BCUT2D eigenvalue weighted by Crippen LogP contribution is 2.35. The zero-order valence-electron chi connectivity index (χ0n) is 15.6. The number of hydrogen-bond donors (Lipinski definition) is 1. The molecule has 2 fully saturated rings. The lowest BCUT2D eigenvalue weighted by molar-refractivity contribution is -0.142. The fourth-order valence-corrected chi connectivity index (χ4v) is 4.65. The third kappa shape index (κ3) is 3.52. The van der Waals surface area contributed by atoms with Crippen molar-refractivity contribution in [2.45, 2.75) is 57.7 Å². The van der Waals surface area contributed by atoms with Gasteiger partial charge in [-0.3, -0.25) is 14.5 Å². The standard InChI is InChI=1S/C19H23Cl2N3O3/c1-11-5-4-6-12(2)24(11)16(25)10-23-17(26)19(3,22-18(23)27)14-8-7-13(20)9-15(14)21/h7-9,11-12H,4-6,10H2,1-3H3,(H,22,27)/t11-,12+,19-/m1/s1. The maximum Gasteiger partial charge on any atom is 0.325 e. The molecule has 8 heteroatoms. The van der Waals surface area contributed by atoms with E-state index in [1.807, 2.05) is 13.8 Å². The number of rotatable bonds is 3. The largest absolute Gasteiger partial charge is 0.336 e. The van der Waals surface area contributed by atoms with Gasteiger partial charge in [-0.2, -0.15) is 0 Å². The fourth-order valence-electron chi connectivity index (χ4n) is 4.05. The van der Waals surface area contributed by atoms with Crippen LogP contribution < -0.4 is 5.32 Å². The molecule has 0 saturated carbocycles. The number of amides is 4. The minimum atomic E-state index is -1.34. The molecule has 2 aliphatic rings. The predicted molar refractivity (Wildman–Crippen MR) is 104 cm³/mol. The Morgan fingerprint density at radius 2 is 1.85 bits per heavy atom. The third-order valence-electron chi connectivity index (χ3n) is 5.52. The van der Waals surface area contributed by atoms with Crippen LogP contribution in [0.3, 0.4) is 0 Å². The van der Waals surface area contributed by atoms with Crippen molar-refractivity contribution in [2.24, 2.45) is 0 Å². The van der Waals surface area contributed by atoms with E-state index in [1.165, 1.54) is 6.07 Å². The van der Waals surface area contributed by atoms with Gasteiger partial charge in [-0.25, -0.2) is 4.79 Å². The fraction of sp³-hybridized carbons (Fsp3) is 0.526. The van der Waals surface area contributed by atoms with E-state index in [1.54, 1.807) is 24.0 Å². The second kappa shape index (κ2) is 7.32. The molecule has 2 aliphatic heterocycles. The van der Waals surface area contributed by atoms with Crippen LogP contribution in [-0.2, 0) is 15.1 Å². The van der Waals surface area contributed by atoms with Gasteiger partial charge in [0.05, 0.1) is 0 Å². The summed E-state index contributed by atoms with van der Waals surface area (Å²) in [7, 11) is 0. The summed E-state index contributed by atoms with van der Waals surface area (Å²) in [5, 5.41) is 3.39. The number of piperidine rings is 1. The number of likely N-dealkylation sites (tertiary alicyclic amines) is 1. The minimum Gasteiger partial charge on any atom is -0.336 e. The van der Waals surface area contributed by atoms with Crippen LogP contribution >= 0.6 is 23.2 Å². The molecule has 0 aromatic heterocycles. The summed E-state index contributed by atoms with van der Waals surface area (Å²) in [5.41, 5.74) is -0.889. The first-order valence-electron chi connectivity index (χ1n) is 9.06. The lowest BCUT2D eigenvalue weighted by Crippen LogP contribution is -2.52. The van der Waals surface area contributed by atoms with Crippen molar-refractivity contribution in [2.75, 3.05) is 6.54 Å². The normalized spacial score (nSPS) is 28.5. The van der Waals surface area contributed by atoms with Gasteiger partial charge in [0.25, 0.3) is 5.91 Å². The van der Waals surface area contributed by atoms with Gasteiger partial charge in [-0.05, 0) is 52.2 Å². The van der Waals surface area contributed by atoms with E-state index in [2.05, 4.69) is 5.32 Å². The molecular formula is C19H23Cl2N3O3. The van der Waals surface area contributed by atoms with Crippen molar-refractivity contribution >= 4 is 41.0 Å². The Balaban J connectivity index is 1.83. The van der Waals surface area contributed by atoms with Gasteiger partial charge < -0.3 is 10.2 Å². The summed E-state index contributed by atoms with van der Waals surface area (Å²) >= 11 is 12.2. The number of benzene rings is 1. The van der Waals surface area contributed by atoms with Crippen LogP contribution in [-0.4, -0.2) is 46.3 Å². The van der Waals surface area contributed by atoms with E-state index in [-0.39, 0.29) is 29.6 Å². The van der Waals surface area contributed by atoms with E-state index in [9.17, 15) is 14.4 Å². The second-order valence-corrected chi connectivity index (χ2v) is 8.34. The number of urea groups is 1. The molecule has 2 heterocycles. The molecule has 0 aliphatic carbocycles. The predicted octanol–water partition coefficient (Wildman–Crippen LogP) is 3.55. The summed E-state index contributed by atoms with van der Waals surface area (Å²) in [6.07, 6.45) is 2.92. The molecular weight excluding hydrogens is 389 g/mol. The Morgan fingerprint density at radius 3 is 2.44 bits per heavy atom. The zero-order chi connectivity index (χ0) is 19.9. The molecule has 2 saturated heterocycles. The zero-order valence-corrected chi connectivity index (χ0v) is 17.1. The van der Waals surface area contributed by atoms with Gasteiger partial charge in [0.15, 0.2) is 0 Å². The topological polar surface area (TPSA) is 69.7 Å². The molecule has 0 bridgehead atoms. The second-order valence-electron chi connectivity index (χ2n) is 7.50. The molecule has 3 atom stereocenters. The Morgan fingerprint density at radius 1 is 1.22 bits per heavy atom. The quantitative estimate of drug-likeness (QED) is 0.772. The Labute approximate surface area is 168 Å². The van der Waals surface area contributed by atoms with Crippen LogP contribution in [0, 0.1) is 0 Å². The van der Waals surface area contributed by atoms with Crippen molar-refractivity contribution in [3.63, 3.8) is 0 Å². The Bertz CT molecular complexity index is 790. The van der Waals surface area contributed by atoms with Crippen molar-refractivity contribution in [3.05, 3.63) is 33.8 Å². The Kier molecular flexibility index (Phi) is 5.41. The molecule has 146 valence electrons. The molecule has 1 aromatic carbocycles. The maximum atomic E-state index is 13.0. The summed E-state index contributed by atoms with van der Waals surface area (Å²) in [5.74, 6) is -0.716. The number of carbonyl (C=O) groups excluding carboxylic acids is 3. The molecule has 0 unspecified atom stereocenters. The average Bonchev–Trinajstić information content (AvgIpc) is 2.78. The van der Waals surface area contributed by atoms with Crippen LogP contribution in [0.5, 0.6) is 0 Å². The molecule has 1 N–H and O–H groups in total. The number of nitrogens with one attached hydrogen (secondary N) is 1. The van der Waals surface area contributed by atoms with E-state index in [0.29, 0.717) is 10.6 Å². The number of hydrogen-bond acceptors (Lipinski definition) is 3. The molecule has 0 spiro atoms. The van der Waals surface area contributed by atoms with Gasteiger partial charge in [-0.1, -0.05) is 29.3 Å². The van der Waals surface area contributed by atoms with Crippen LogP contribution in [0.15, 0.2) is 18.2 Å². The number of imide groups is 1. The van der Waals surface area contributed by atoms with Gasteiger partial charge in [-0.15, -0.1) is 0 Å². The summed E-state index contributed by atoms with van der Waals surface area (Å²) in [4.78, 5) is 41.1. The average molecular weight is 412 g/mol. The summed E-state index contributed by atoms with van der Waals surface area (Å²) in [6, 6.07) is 4.34. The van der Waals surface area contributed by atoms with Gasteiger partial charge in [0.1, 0.15) is 12.1 Å². The lowest BCUT2D eigenvalue weighted by atomic mass is 9.92. The van der Waals surface area contributed by atoms with Crippen LogP contribution in [0.4, 0.5) is 4.79 Å². The van der Waals surface area contributed by atoms with Gasteiger partial charge in [0.2, 0.25) is 5.91 Å².